The molecular weight excluding hydrogens is 312 g/mol. The van der Waals surface area contributed by atoms with Gasteiger partial charge in [-0.1, -0.05) is 18.2 Å². The van der Waals surface area contributed by atoms with Crippen molar-refractivity contribution in [2.45, 2.75) is 25.7 Å². The molecular formula is C17H23ClN4O. The Bertz CT molecular complexity index is 608. The summed E-state index contributed by atoms with van der Waals surface area (Å²) in [5, 5.41) is 10.6. The zero-order valence-electron chi connectivity index (χ0n) is 13.1. The molecule has 1 fully saturated rings. The first-order chi connectivity index (χ1) is 10.8. The molecule has 2 heterocycles. The molecule has 0 bridgehead atoms. The van der Waals surface area contributed by atoms with Gasteiger partial charge in [0.25, 0.3) is 0 Å². The summed E-state index contributed by atoms with van der Waals surface area (Å²) in [6.45, 7) is 2.15. The zero-order chi connectivity index (χ0) is 15.2. The van der Waals surface area contributed by atoms with Crippen LogP contribution in [0, 0.1) is 5.92 Å². The minimum absolute atomic E-state index is 0. The summed E-state index contributed by atoms with van der Waals surface area (Å²) in [5.74, 6) is 1.34. The molecule has 1 aromatic heterocycles. The van der Waals surface area contributed by atoms with Crippen LogP contribution in [0.5, 0.6) is 0 Å². The fourth-order valence-electron chi connectivity index (χ4n) is 2.83. The topological polar surface area (TPSA) is 59.0 Å². The Morgan fingerprint density at radius 3 is 2.70 bits per heavy atom. The summed E-state index contributed by atoms with van der Waals surface area (Å²) >= 11 is 0. The van der Waals surface area contributed by atoms with Crippen LogP contribution in [-0.2, 0) is 4.79 Å². The van der Waals surface area contributed by atoms with Crippen molar-refractivity contribution in [2.75, 3.05) is 18.4 Å². The maximum atomic E-state index is 12.0. The third-order valence-corrected chi connectivity index (χ3v) is 4.12. The van der Waals surface area contributed by atoms with Gasteiger partial charge in [-0.3, -0.25) is 4.79 Å². The smallest absolute Gasteiger partial charge is 0.225 e. The molecule has 5 nitrogen and oxygen atoms in total. The Labute approximate surface area is 142 Å². The monoisotopic (exact) mass is 334 g/mol. The fraction of sp³-hybridized carbons (Fsp3) is 0.412. The largest absolute Gasteiger partial charge is 0.317 e. The minimum Gasteiger partial charge on any atom is -0.317 e. The van der Waals surface area contributed by atoms with Gasteiger partial charge in [-0.2, -0.15) is 5.10 Å². The number of piperidine rings is 1. The number of nitrogens with zero attached hydrogens (tertiary/aromatic N) is 2. The Morgan fingerprint density at radius 2 is 1.96 bits per heavy atom. The highest BCUT2D eigenvalue weighted by Gasteiger charge is 2.15. The summed E-state index contributed by atoms with van der Waals surface area (Å²) in [4.78, 5) is 12.0. The van der Waals surface area contributed by atoms with Gasteiger partial charge in [0.2, 0.25) is 5.91 Å². The van der Waals surface area contributed by atoms with Crippen molar-refractivity contribution in [3.63, 3.8) is 0 Å². The van der Waals surface area contributed by atoms with Crippen molar-refractivity contribution in [1.82, 2.24) is 15.1 Å². The Balaban J connectivity index is 0.00000192. The molecule has 23 heavy (non-hydrogen) atoms. The molecule has 124 valence electrons. The first kappa shape index (κ1) is 17.5. The highest BCUT2D eigenvalue weighted by atomic mass is 35.5. The number of amides is 1. The minimum atomic E-state index is 0. The van der Waals surface area contributed by atoms with Gasteiger partial charge >= 0.3 is 0 Å². The van der Waals surface area contributed by atoms with Crippen LogP contribution in [-0.4, -0.2) is 28.8 Å². The van der Waals surface area contributed by atoms with Crippen molar-refractivity contribution in [1.29, 1.82) is 0 Å². The average molecular weight is 335 g/mol. The molecule has 1 saturated heterocycles. The second kappa shape index (κ2) is 8.70. The van der Waals surface area contributed by atoms with E-state index in [4.69, 9.17) is 0 Å². The molecule has 1 amide bonds. The molecule has 0 spiro atoms. The molecule has 0 saturated carbocycles. The van der Waals surface area contributed by atoms with E-state index in [2.05, 4.69) is 15.7 Å². The van der Waals surface area contributed by atoms with Crippen LogP contribution in [0.25, 0.3) is 5.69 Å². The lowest BCUT2D eigenvalue weighted by atomic mass is 9.93. The molecule has 0 atom stereocenters. The maximum absolute atomic E-state index is 12.0. The molecule has 6 heteroatoms. The zero-order valence-corrected chi connectivity index (χ0v) is 13.9. The van der Waals surface area contributed by atoms with Gasteiger partial charge in [0.15, 0.2) is 5.82 Å². The number of anilines is 1. The summed E-state index contributed by atoms with van der Waals surface area (Å²) in [6, 6.07) is 11.7. The van der Waals surface area contributed by atoms with E-state index >= 15 is 0 Å². The van der Waals surface area contributed by atoms with E-state index in [1.165, 1.54) is 12.8 Å². The number of rotatable bonds is 5. The van der Waals surface area contributed by atoms with E-state index in [1.807, 2.05) is 42.6 Å². The van der Waals surface area contributed by atoms with Crippen LogP contribution in [0.1, 0.15) is 25.7 Å². The molecule has 3 rings (SSSR count). The number of benzene rings is 1. The predicted molar refractivity (Wildman–Crippen MR) is 94.3 cm³/mol. The highest BCUT2D eigenvalue weighted by Crippen LogP contribution is 2.18. The van der Waals surface area contributed by atoms with Gasteiger partial charge in [-0.15, -0.1) is 12.4 Å². The first-order valence-corrected chi connectivity index (χ1v) is 7.93. The molecule has 1 aliphatic heterocycles. The molecule has 1 aliphatic rings. The van der Waals surface area contributed by atoms with Gasteiger partial charge in [0.05, 0.1) is 5.69 Å². The Morgan fingerprint density at radius 1 is 1.22 bits per heavy atom. The van der Waals surface area contributed by atoms with Crippen molar-refractivity contribution in [3.8, 4) is 5.69 Å². The van der Waals surface area contributed by atoms with Crippen molar-refractivity contribution >= 4 is 24.1 Å². The van der Waals surface area contributed by atoms with E-state index in [0.717, 1.165) is 25.2 Å². The van der Waals surface area contributed by atoms with Crippen LogP contribution in [0.15, 0.2) is 42.6 Å². The van der Waals surface area contributed by atoms with E-state index in [0.29, 0.717) is 18.2 Å². The predicted octanol–water partition coefficient (Wildman–Crippen LogP) is 3.01. The SMILES string of the molecule is Cl.O=C(CCC1CCNCC1)Nc1ccn(-c2ccccc2)n1. The summed E-state index contributed by atoms with van der Waals surface area (Å²) in [6.07, 6.45) is 5.75. The van der Waals surface area contributed by atoms with E-state index in [1.54, 1.807) is 4.68 Å². The standard InChI is InChI=1S/C17H22N4O.ClH/c22-17(7-6-14-8-11-18-12-9-14)19-16-10-13-21(20-16)15-4-2-1-3-5-15;/h1-5,10,13-14,18H,6-9,11-12H2,(H,19,20,22);1H. The van der Waals surface area contributed by atoms with Crippen LogP contribution in [0.2, 0.25) is 0 Å². The second-order valence-corrected chi connectivity index (χ2v) is 5.76. The van der Waals surface area contributed by atoms with Gasteiger partial charge < -0.3 is 10.6 Å². The lowest BCUT2D eigenvalue weighted by molar-refractivity contribution is -0.116. The fourth-order valence-corrected chi connectivity index (χ4v) is 2.83. The van der Waals surface area contributed by atoms with Crippen molar-refractivity contribution in [2.24, 2.45) is 5.92 Å². The first-order valence-electron chi connectivity index (χ1n) is 7.93. The number of carbonyl (C=O) groups is 1. The lowest BCUT2D eigenvalue weighted by Gasteiger charge is -2.21. The average Bonchev–Trinajstić information content (AvgIpc) is 3.03. The molecule has 2 aromatic rings. The maximum Gasteiger partial charge on any atom is 0.225 e. The van der Waals surface area contributed by atoms with E-state index in [-0.39, 0.29) is 18.3 Å². The number of halogens is 1. The van der Waals surface area contributed by atoms with Gasteiger partial charge in [-0.05, 0) is 50.4 Å². The number of carbonyl (C=O) groups excluding carboxylic acids is 1. The molecule has 0 unspecified atom stereocenters. The summed E-state index contributed by atoms with van der Waals surface area (Å²) in [5.41, 5.74) is 0.984. The number of aromatic nitrogens is 2. The number of hydrogen-bond donors (Lipinski definition) is 2. The highest BCUT2D eigenvalue weighted by molar-refractivity contribution is 5.89. The van der Waals surface area contributed by atoms with E-state index < -0.39 is 0 Å². The lowest BCUT2D eigenvalue weighted by Crippen LogP contribution is -2.28. The van der Waals surface area contributed by atoms with Gasteiger partial charge in [0.1, 0.15) is 0 Å². The van der Waals surface area contributed by atoms with Crippen molar-refractivity contribution in [3.05, 3.63) is 42.6 Å². The molecule has 2 N–H and O–H groups in total. The number of hydrogen-bond acceptors (Lipinski definition) is 3. The van der Waals surface area contributed by atoms with Gasteiger partial charge in [-0.25, -0.2) is 4.68 Å². The van der Waals surface area contributed by atoms with Crippen LogP contribution < -0.4 is 10.6 Å². The Kier molecular flexibility index (Phi) is 6.62. The number of para-hydroxylation sites is 1. The second-order valence-electron chi connectivity index (χ2n) is 5.76. The quantitative estimate of drug-likeness (QED) is 0.883. The summed E-state index contributed by atoms with van der Waals surface area (Å²) < 4.78 is 1.77. The third-order valence-electron chi connectivity index (χ3n) is 4.12. The van der Waals surface area contributed by atoms with E-state index in [9.17, 15) is 4.79 Å². The molecule has 0 aliphatic carbocycles. The Hall–Kier alpha value is -1.85. The normalized spacial score (nSPS) is 15.0. The molecule has 0 radical (unpaired) electrons. The number of nitrogens with one attached hydrogen (secondary N) is 2. The molecule has 1 aromatic carbocycles. The van der Waals surface area contributed by atoms with Crippen LogP contribution in [0.3, 0.4) is 0 Å². The van der Waals surface area contributed by atoms with Crippen LogP contribution >= 0.6 is 12.4 Å². The third kappa shape index (κ3) is 5.08. The van der Waals surface area contributed by atoms with Crippen LogP contribution in [0.4, 0.5) is 5.82 Å². The van der Waals surface area contributed by atoms with Crippen molar-refractivity contribution < 1.29 is 4.79 Å². The summed E-state index contributed by atoms with van der Waals surface area (Å²) in [7, 11) is 0. The van der Waals surface area contributed by atoms with Gasteiger partial charge in [0, 0.05) is 18.7 Å².